The molecule has 1 aromatic carbocycles. The number of halogens is 3. The molecule has 0 fully saturated rings. The molecule has 2 amide bonds. The Morgan fingerprint density at radius 3 is 2.57 bits per heavy atom. The molecule has 1 aromatic heterocycles. The molecule has 1 aliphatic heterocycles. The van der Waals surface area contributed by atoms with Crippen LogP contribution in [0.2, 0.25) is 0 Å². The van der Waals surface area contributed by atoms with E-state index in [1.165, 1.54) is 11.0 Å². The van der Waals surface area contributed by atoms with Crippen molar-refractivity contribution in [2.24, 2.45) is 4.99 Å². The standard InChI is InChI=1S/C18H17F3N6O2S/c1-3-4-25-10-22-15(24-25)8-26-16(9-28)23-17(30-2)27(18(26)29)7-11-5-13(20)14(21)6-12(11)19/h3,5-6,9-10,28H,1,4,7-8H2,2H3/b16-9-. The zero-order valence-corrected chi connectivity index (χ0v) is 16.6. The first-order valence-corrected chi connectivity index (χ1v) is 9.79. The Balaban J connectivity index is 1.92. The van der Waals surface area contributed by atoms with Crippen LogP contribution in [0.25, 0.3) is 0 Å². The van der Waals surface area contributed by atoms with E-state index in [1.807, 2.05) is 0 Å². The van der Waals surface area contributed by atoms with E-state index in [1.54, 1.807) is 12.3 Å². The Kier molecular flexibility index (Phi) is 6.45. The van der Waals surface area contributed by atoms with Crippen LogP contribution in [0.15, 0.2) is 48.2 Å². The number of benzene rings is 1. The molecule has 8 nitrogen and oxygen atoms in total. The highest BCUT2D eigenvalue weighted by molar-refractivity contribution is 8.13. The van der Waals surface area contributed by atoms with Gasteiger partial charge in [0.25, 0.3) is 0 Å². The SMILES string of the molecule is C=CCn1cnc(CN2C(=O)N(Cc3cc(F)c(F)cc3F)C(SC)=N/C2=C/O)n1. The molecular weight excluding hydrogens is 421 g/mol. The summed E-state index contributed by atoms with van der Waals surface area (Å²) in [6.07, 6.45) is 5.36. The second-order valence-corrected chi connectivity index (χ2v) is 6.84. The summed E-state index contributed by atoms with van der Waals surface area (Å²) in [5.74, 6) is -3.35. The average Bonchev–Trinajstić information content (AvgIpc) is 3.16. The zero-order valence-electron chi connectivity index (χ0n) is 15.8. The number of thioether (sulfide) groups is 1. The highest BCUT2D eigenvalue weighted by atomic mass is 32.2. The fourth-order valence-corrected chi connectivity index (χ4v) is 3.25. The predicted molar refractivity (Wildman–Crippen MR) is 105 cm³/mol. The number of allylic oxidation sites excluding steroid dienone is 1. The Bertz CT molecular complexity index is 1040. The van der Waals surface area contributed by atoms with Crippen LogP contribution in [0.1, 0.15) is 11.4 Å². The van der Waals surface area contributed by atoms with E-state index in [0.717, 1.165) is 21.6 Å². The number of amidine groups is 1. The van der Waals surface area contributed by atoms with Crippen molar-refractivity contribution < 1.29 is 23.1 Å². The number of hydrogen-bond acceptors (Lipinski definition) is 6. The van der Waals surface area contributed by atoms with Gasteiger partial charge in [0.05, 0.1) is 19.6 Å². The minimum absolute atomic E-state index is 0.0635. The number of hydrogen-bond donors (Lipinski definition) is 1. The highest BCUT2D eigenvalue weighted by Crippen LogP contribution is 2.26. The van der Waals surface area contributed by atoms with Gasteiger partial charge in [-0.15, -0.1) is 6.58 Å². The molecule has 0 bridgehead atoms. The van der Waals surface area contributed by atoms with Crippen LogP contribution in [-0.2, 0) is 19.6 Å². The number of aliphatic hydroxyl groups excluding tert-OH is 1. The molecule has 158 valence electrons. The number of carbonyl (C=O) groups excluding carboxylic acids is 1. The molecule has 30 heavy (non-hydrogen) atoms. The van der Waals surface area contributed by atoms with Gasteiger partial charge in [-0.1, -0.05) is 17.8 Å². The molecule has 0 aliphatic carbocycles. The van der Waals surface area contributed by atoms with Crippen molar-refractivity contribution in [1.82, 2.24) is 24.6 Å². The summed E-state index contributed by atoms with van der Waals surface area (Å²) in [6.45, 7) is 3.50. The lowest BCUT2D eigenvalue weighted by Crippen LogP contribution is -2.48. The Morgan fingerprint density at radius 2 is 1.90 bits per heavy atom. The Labute approximate surface area is 174 Å². The third kappa shape index (κ3) is 4.32. The van der Waals surface area contributed by atoms with Crippen LogP contribution in [0.4, 0.5) is 18.0 Å². The summed E-state index contributed by atoms with van der Waals surface area (Å²) in [6, 6.07) is 0.442. The van der Waals surface area contributed by atoms with E-state index in [0.29, 0.717) is 24.9 Å². The molecule has 0 spiro atoms. The van der Waals surface area contributed by atoms with Crippen LogP contribution in [0, 0.1) is 17.5 Å². The number of nitrogens with zero attached hydrogens (tertiary/aromatic N) is 6. The number of urea groups is 1. The summed E-state index contributed by atoms with van der Waals surface area (Å²) >= 11 is 1.07. The molecule has 0 saturated heterocycles. The average molecular weight is 438 g/mol. The van der Waals surface area contributed by atoms with Crippen molar-refractivity contribution in [1.29, 1.82) is 0 Å². The van der Waals surface area contributed by atoms with Crippen molar-refractivity contribution in [3.63, 3.8) is 0 Å². The van der Waals surface area contributed by atoms with E-state index in [-0.39, 0.29) is 28.9 Å². The monoisotopic (exact) mass is 438 g/mol. The molecule has 0 radical (unpaired) electrons. The number of aliphatic hydroxyl groups is 1. The summed E-state index contributed by atoms with van der Waals surface area (Å²) in [4.78, 5) is 23.6. The van der Waals surface area contributed by atoms with Gasteiger partial charge < -0.3 is 5.11 Å². The number of aromatic nitrogens is 3. The van der Waals surface area contributed by atoms with E-state index < -0.39 is 30.0 Å². The second-order valence-electron chi connectivity index (χ2n) is 6.07. The molecule has 3 rings (SSSR count). The smallest absolute Gasteiger partial charge is 0.332 e. The van der Waals surface area contributed by atoms with Crippen LogP contribution in [-0.4, -0.2) is 47.1 Å². The van der Waals surface area contributed by atoms with Gasteiger partial charge in [0.2, 0.25) is 0 Å². The largest absolute Gasteiger partial charge is 0.512 e. The summed E-state index contributed by atoms with van der Waals surface area (Å²) in [5.41, 5.74) is -0.228. The van der Waals surface area contributed by atoms with Crippen molar-refractivity contribution in [3.8, 4) is 0 Å². The quantitative estimate of drug-likeness (QED) is 0.424. The van der Waals surface area contributed by atoms with Crippen LogP contribution >= 0.6 is 11.8 Å². The second kappa shape index (κ2) is 9.03. The number of rotatable bonds is 6. The molecule has 0 saturated carbocycles. The number of aliphatic imine (C=N–C) groups is 1. The lowest BCUT2D eigenvalue weighted by Gasteiger charge is -2.34. The molecule has 12 heteroatoms. The van der Waals surface area contributed by atoms with Crippen LogP contribution < -0.4 is 0 Å². The minimum Gasteiger partial charge on any atom is -0.512 e. The summed E-state index contributed by atoms with van der Waals surface area (Å²) in [5, 5.41) is 13.9. The van der Waals surface area contributed by atoms with Gasteiger partial charge in [-0.3, -0.25) is 9.80 Å². The highest BCUT2D eigenvalue weighted by Gasteiger charge is 2.34. The molecular formula is C18H17F3N6O2S. The maximum atomic E-state index is 14.1. The molecule has 2 aromatic rings. The van der Waals surface area contributed by atoms with E-state index in [9.17, 15) is 23.1 Å². The zero-order chi connectivity index (χ0) is 21.8. The van der Waals surface area contributed by atoms with Crippen LogP contribution in [0.5, 0.6) is 0 Å². The van der Waals surface area contributed by atoms with Gasteiger partial charge in [0.15, 0.2) is 28.4 Å². The first kappa shape index (κ1) is 21.4. The number of carbonyl (C=O) groups is 1. The normalized spacial score (nSPS) is 15.7. The van der Waals surface area contributed by atoms with Gasteiger partial charge in [-0.2, -0.15) is 5.10 Å². The minimum atomic E-state index is -1.33. The molecule has 2 heterocycles. The van der Waals surface area contributed by atoms with Crippen molar-refractivity contribution in [2.75, 3.05) is 6.26 Å². The number of amides is 2. The van der Waals surface area contributed by atoms with Gasteiger partial charge in [-0.25, -0.2) is 32.6 Å². The molecule has 0 atom stereocenters. The fourth-order valence-electron chi connectivity index (χ4n) is 2.71. The van der Waals surface area contributed by atoms with Crippen molar-refractivity contribution in [3.05, 3.63) is 72.0 Å². The van der Waals surface area contributed by atoms with Gasteiger partial charge in [0.1, 0.15) is 18.4 Å². The Hall–Kier alpha value is -3.28. The summed E-state index contributed by atoms with van der Waals surface area (Å²) in [7, 11) is 0. The first-order valence-electron chi connectivity index (χ1n) is 8.56. The first-order chi connectivity index (χ1) is 14.4. The Morgan fingerprint density at radius 1 is 1.17 bits per heavy atom. The fraction of sp³-hybridized carbons (Fsp3) is 0.222. The van der Waals surface area contributed by atoms with Gasteiger partial charge >= 0.3 is 6.03 Å². The molecule has 1 aliphatic rings. The van der Waals surface area contributed by atoms with Crippen molar-refractivity contribution >= 4 is 23.0 Å². The molecule has 1 N–H and O–H groups in total. The van der Waals surface area contributed by atoms with E-state index >= 15 is 0 Å². The topological polar surface area (TPSA) is 86.9 Å². The predicted octanol–water partition coefficient (Wildman–Crippen LogP) is 3.40. The van der Waals surface area contributed by atoms with Gasteiger partial charge in [0, 0.05) is 11.6 Å². The van der Waals surface area contributed by atoms with E-state index in [4.69, 9.17) is 0 Å². The van der Waals surface area contributed by atoms with Crippen LogP contribution in [0.3, 0.4) is 0 Å². The maximum Gasteiger partial charge on any atom is 0.332 e. The lowest BCUT2D eigenvalue weighted by atomic mass is 10.2. The van der Waals surface area contributed by atoms with Gasteiger partial charge in [-0.05, 0) is 12.3 Å². The van der Waals surface area contributed by atoms with Crippen molar-refractivity contribution in [2.45, 2.75) is 19.6 Å². The maximum absolute atomic E-state index is 14.1. The van der Waals surface area contributed by atoms with E-state index in [2.05, 4.69) is 21.7 Å². The molecule has 0 unspecified atom stereocenters. The third-order valence-electron chi connectivity index (χ3n) is 4.09. The lowest BCUT2D eigenvalue weighted by molar-refractivity contribution is 0.177. The third-order valence-corrected chi connectivity index (χ3v) is 4.77. The summed E-state index contributed by atoms with van der Waals surface area (Å²) < 4.78 is 42.4.